The van der Waals surface area contributed by atoms with Gasteiger partial charge in [0.15, 0.2) is 11.2 Å². The quantitative estimate of drug-likeness (QED) is 0.699. The Kier molecular flexibility index (Phi) is 4.73. The van der Waals surface area contributed by atoms with E-state index >= 15 is 0 Å². The van der Waals surface area contributed by atoms with Crippen LogP contribution in [0.2, 0.25) is 10.0 Å². The molecule has 0 atom stereocenters. The number of aromatic nitrogens is 4. The number of azo groups is 1. The minimum atomic E-state index is -0.439. The summed E-state index contributed by atoms with van der Waals surface area (Å²) in [5.41, 5.74) is 0.0205. The lowest BCUT2D eigenvalue weighted by atomic mass is 10.3. The second-order valence-electron chi connectivity index (χ2n) is 5.13. The van der Waals surface area contributed by atoms with E-state index in [4.69, 9.17) is 23.2 Å². The smallest absolute Gasteiger partial charge is 0.315 e. The molecule has 130 valence electrons. The number of imidazole rings is 1. The lowest BCUT2D eigenvalue weighted by Gasteiger charge is -2.06. The molecule has 0 saturated carbocycles. The number of H-pyrrole nitrogens is 1. The van der Waals surface area contributed by atoms with Crippen molar-refractivity contribution in [1.29, 1.82) is 0 Å². The van der Waals surface area contributed by atoms with Crippen molar-refractivity contribution < 1.29 is 0 Å². The lowest BCUT2D eigenvalue weighted by Crippen LogP contribution is -2.39. The van der Waals surface area contributed by atoms with Crippen molar-refractivity contribution >= 4 is 46.0 Å². The molecule has 1 aromatic carbocycles. The Labute approximate surface area is 151 Å². The third kappa shape index (κ3) is 3.10. The summed E-state index contributed by atoms with van der Waals surface area (Å²) in [4.78, 5) is 31.7. The molecule has 2 aromatic heterocycles. The number of nitrogens with zero attached hydrogens (tertiary/aromatic N) is 5. The number of nitrogens with one attached hydrogen (secondary N) is 1. The van der Waals surface area contributed by atoms with Crippen molar-refractivity contribution in [2.24, 2.45) is 10.2 Å². The average molecular weight is 381 g/mol. The van der Waals surface area contributed by atoms with E-state index in [9.17, 15) is 9.59 Å². The molecule has 10 heteroatoms. The molecule has 0 radical (unpaired) electrons. The van der Waals surface area contributed by atoms with E-state index < -0.39 is 11.2 Å². The van der Waals surface area contributed by atoms with Gasteiger partial charge >= 0.3 is 5.69 Å². The van der Waals surface area contributed by atoms with Crippen molar-refractivity contribution in [3.8, 4) is 0 Å². The SMILES string of the molecule is CCn1c(=O)c2[nH]c(N=Nc3ccc(Cl)cc3Cl)nc2n(CC)c1=O. The van der Waals surface area contributed by atoms with E-state index in [-0.39, 0.29) is 23.7 Å². The average Bonchev–Trinajstić information content (AvgIpc) is 2.99. The topological polar surface area (TPSA) is 97.4 Å². The highest BCUT2D eigenvalue weighted by atomic mass is 35.5. The van der Waals surface area contributed by atoms with Gasteiger partial charge in [-0.15, -0.1) is 10.2 Å². The van der Waals surface area contributed by atoms with Crippen molar-refractivity contribution in [3.63, 3.8) is 0 Å². The van der Waals surface area contributed by atoms with Crippen LogP contribution < -0.4 is 11.2 Å². The van der Waals surface area contributed by atoms with Crippen LogP contribution in [0.5, 0.6) is 0 Å². The molecule has 0 aliphatic carbocycles. The molecule has 0 aliphatic rings. The number of fused-ring (bicyclic) bond motifs is 1. The van der Waals surface area contributed by atoms with E-state index in [1.54, 1.807) is 32.0 Å². The molecule has 3 aromatic rings. The third-order valence-electron chi connectivity index (χ3n) is 3.64. The summed E-state index contributed by atoms with van der Waals surface area (Å²) in [6.45, 7) is 4.17. The van der Waals surface area contributed by atoms with Crippen LogP contribution in [0.25, 0.3) is 11.2 Å². The monoisotopic (exact) mass is 380 g/mol. The molecule has 0 amide bonds. The second-order valence-corrected chi connectivity index (χ2v) is 5.97. The summed E-state index contributed by atoms with van der Waals surface area (Å²) in [6, 6.07) is 4.79. The fraction of sp³-hybridized carbons (Fsp3) is 0.267. The first-order valence-electron chi connectivity index (χ1n) is 7.56. The number of benzene rings is 1. The summed E-state index contributed by atoms with van der Waals surface area (Å²) in [5.74, 6) is 0.105. The second kappa shape index (κ2) is 6.81. The number of hydrogen-bond donors (Lipinski definition) is 1. The molecule has 0 aliphatic heterocycles. The van der Waals surface area contributed by atoms with Crippen molar-refractivity contribution in [2.45, 2.75) is 26.9 Å². The minimum absolute atomic E-state index is 0.105. The number of aromatic amines is 1. The molecule has 25 heavy (non-hydrogen) atoms. The van der Waals surface area contributed by atoms with Gasteiger partial charge in [0.25, 0.3) is 5.56 Å². The van der Waals surface area contributed by atoms with Gasteiger partial charge in [-0.25, -0.2) is 4.79 Å². The number of hydrogen-bond acceptors (Lipinski definition) is 5. The summed E-state index contributed by atoms with van der Waals surface area (Å²) in [7, 11) is 0. The number of halogens is 2. The Hall–Kier alpha value is -2.45. The maximum absolute atomic E-state index is 12.4. The van der Waals surface area contributed by atoms with Crippen molar-refractivity contribution in [1.82, 2.24) is 19.1 Å². The molecule has 0 saturated heterocycles. The van der Waals surface area contributed by atoms with Gasteiger partial charge in [0.1, 0.15) is 5.69 Å². The zero-order valence-electron chi connectivity index (χ0n) is 13.5. The standard InChI is InChI=1S/C15H14Cl2N6O2/c1-3-22-12-11(13(24)23(4-2)15(22)25)18-14(19-12)21-20-10-6-5-8(16)7-9(10)17/h5-7H,3-4H2,1-2H3,(H,18,19). The summed E-state index contributed by atoms with van der Waals surface area (Å²) < 4.78 is 2.55. The molecule has 0 spiro atoms. The predicted octanol–water partition coefficient (Wildman–Crippen LogP) is 3.65. The van der Waals surface area contributed by atoms with Crippen LogP contribution >= 0.6 is 23.2 Å². The van der Waals surface area contributed by atoms with E-state index in [1.165, 1.54) is 4.57 Å². The first-order valence-corrected chi connectivity index (χ1v) is 8.32. The molecule has 0 bridgehead atoms. The Morgan fingerprint density at radius 3 is 2.48 bits per heavy atom. The maximum Gasteiger partial charge on any atom is 0.332 e. The Morgan fingerprint density at radius 2 is 1.84 bits per heavy atom. The Morgan fingerprint density at radius 1 is 1.12 bits per heavy atom. The molecular weight excluding hydrogens is 367 g/mol. The summed E-state index contributed by atoms with van der Waals surface area (Å²) in [6.07, 6.45) is 0. The van der Waals surface area contributed by atoms with E-state index in [2.05, 4.69) is 20.2 Å². The van der Waals surface area contributed by atoms with Crippen LogP contribution in [0.1, 0.15) is 13.8 Å². The maximum atomic E-state index is 12.4. The fourth-order valence-corrected chi connectivity index (χ4v) is 2.88. The summed E-state index contributed by atoms with van der Waals surface area (Å²) in [5, 5.41) is 8.81. The molecule has 8 nitrogen and oxygen atoms in total. The van der Waals surface area contributed by atoms with Crippen LogP contribution in [0.4, 0.5) is 11.6 Å². The molecule has 0 fully saturated rings. The largest absolute Gasteiger partial charge is 0.332 e. The van der Waals surface area contributed by atoms with Crippen LogP contribution in [-0.2, 0) is 13.1 Å². The molecule has 3 rings (SSSR count). The first-order chi connectivity index (χ1) is 12.0. The van der Waals surface area contributed by atoms with E-state index in [0.717, 1.165) is 4.57 Å². The predicted molar refractivity (Wildman–Crippen MR) is 96.6 cm³/mol. The molecular formula is C15H14Cl2N6O2. The minimum Gasteiger partial charge on any atom is -0.315 e. The van der Waals surface area contributed by atoms with Gasteiger partial charge in [-0.1, -0.05) is 23.2 Å². The normalized spacial score (nSPS) is 11.7. The summed E-state index contributed by atoms with van der Waals surface area (Å²) >= 11 is 11.9. The van der Waals surface area contributed by atoms with Gasteiger partial charge in [-0.3, -0.25) is 13.9 Å². The highest BCUT2D eigenvalue weighted by Gasteiger charge is 2.15. The van der Waals surface area contributed by atoms with Crippen LogP contribution in [-0.4, -0.2) is 19.1 Å². The highest BCUT2D eigenvalue weighted by Crippen LogP contribution is 2.29. The van der Waals surface area contributed by atoms with Gasteiger partial charge in [0, 0.05) is 18.1 Å². The third-order valence-corrected chi connectivity index (χ3v) is 4.18. The van der Waals surface area contributed by atoms with Crippen molar-refractivity contribution in [3.05, 3.63) is 49.1 Å². The van der Waals surface area contributed by atoms with Gasteiger partial charge in [0.05, 0.1) is 5.02 Å². The Bertz CT molecular complexity index is 1100. The van der Waals surface area contributed by atoms with Crippen LogP contribution in [0, 0.1) is 0 Å². The fourth-order valence-electron chi connectivity index (χ4n) is 2.43. The first kappa shape index (κ1) is 17.4. The van der Waals surface area contributed by atoms with Gasteiger partial charge < -0.3 is 4.98 Å². The number of rotatable bonds is 4. The van der Waals surface area contributed by atoms with Crippen LogP contribution in [0.3, 0.4) is 0 Å². The molecule has 2 heterocycles. The van der Waals surface area contributed by atoms with E-state index in [1.807, 2.05) is 0 Å². The zero-order chi connectivity index (χ0) is 18.1. The lowest BCUT2D eigenvalue weighted by molar-refractivity contribution is 0.606. The zero-order valence-corrected chi connectivity index (χ0v) is 15.0. The van der Waals surface area contributed by atoms with Gasteiger partial charge in [-0.05, 0) is 32.0 Å². The van der Waals surface area contributed by atoms with Crippen LogP contribution in [0.15, 0.2) is 38.0 Å². The number of aryl methyl sites for hydroxylation is 1. The van der Waals surface area contributed by atoms with Gasteiger partial charge in [0.2, 0.25) is 5.95 Å². The highest BCUT2D eigenvalue weighted by molar-refractivity contribution is 6.36. The van der Waals surface area contributed by atoms with Gasteiger partial charge in [-0.2, -0.15) is 4.98 Å². The Balaban J connectivity index is 2.13. The molecule has 1 N–H and O–H groups in total. The molecule has 0 unspecified atom stereocenters. The van der Waals surface area contributed by atoms with Crippen molar-refractivity contribution in [2.75, 3.05) is 0 Å². The van der Waals surface area contributed by atoms with E-state index in [0.29, 0.717) is 22.3 Å².